The highest BCUT2D eigenvalue weighted by molar-refractivity contribution is 6.32. The van der Waals surface area contributed by atoms with E-state index in [4.69, 9.17) is 21.1 Å². The summed E-state index contributed by atoms with van der Waals surface area (Å²) in [7, 11) is 0. The number of ether oxygens (including phenoxy) is 2. The normalized spacial score (nSPS) is 25.8. The number of hydroxylamine groups is 2. The number of benzene rings is 2. The van der Waals surface area contributed by atoms with Crippen LogP contribution in [0, 0.1) is 5.21 Å². The highest BCUT2D eigenvalue weighted by Crippen LogP contribution is 2.37. The summed E-state index contributed by atoms with van der Waals surface area (Å²) in [5.74, 6) is 0.260. The topological polar surface area (TPSA) is 73.3 Å². The summed E-state index contributed by atoms with van der Waals surface area (Å²) in [5.41, 5.74) is -2.24. The van der Waals surface area contributed by atoms with Crippen LogP contribution in [0.15, 0.2) is 60.0 Å². The van der Waals surface area contributed by atoms with Gasteiger partial charge in [0.15, 0.2) is 12.1 Å². The molecule has 2 aromatic carbocycles. The molecule has 0 aliphatic carbocycles. The van der Waals surface area contributed by atoms with E-state index in [9.17, 15) is 31.5 Å². The fourth-order valence-electron chi connectivity index (χ4n) is 5.16. The van der Waals surface area contributed by atoms with Gasteiger partial charge in [0.25, 0.3) is 0 Å². The smallest absolute Gasteiger partial charge is 0.416 e. The van der Waals surface area contributed by atoms with Crippen molar-refractivity contribution in [2.75, 3.05) is 39.5 Å². The lowest BCUT2D eigenvalue weighted by Gasteiger charge is -2.42. The second kappa shape index (κ2) is 11.8. The molecule has 3 N–H and O–H groups in total. The molecule has 3 unspecified atom stereocenters. The summed E-state index contributed by atoms with van der Waals surface area (Å²) in [6.07, 6.45) is -9.56. The van der Waals surface area contributed by atoms with E-state index in [0.717, 1.165) is 0 Å². The van der Waals surface area contributed by atoms with E-state index in [1.807, 2.05) is 4.90 Å². The fourth-order valence-corrected chi connectivity index (χ4v) is 5.40. The van der Waals surface area contributed by atoms with Crippen molar-refractivity contribution in [2.45, 2.75) is 31.0 Å². The van der Waals surface area contributed by atoms with Crippen LogP contribution in [0.3, 0.4) is 0 Å². The predicted molar refractivity (Wildman–Crippen MR) is 138 cm³/mol. The Morgan fingerprint density at radius 1 is 1.00 bits per heavy atom. The van der Waals surface area contributed by atoms with Gasteiger partial charge in [0.05, 0.1) is 47.2 Å². The standard InChI is InChI=1S/C27H27ClF6N4O3/c28-21-4-2-1-3-19(21)23-13-24(37-5-7-40-8-6-37)41-25-20(14-35-15-36-25)22(38(23)39)11-16-9-17(26(29,30)31)12-18(10-16)27(32,33)34/h1-4,9-10,12-13,22,24,35-36,38H,5-8,11,14-15H2/b23-13-. The molecule has 1 saturated heterocycles. The first kappa shape index (κ1) is 29.7. The molecular formula is C27H27ClF6N4O3. The highest BCUT2D eigenvalue weighted by atomic mass is 35.5. The Balaban J connectivity index is 1.63. The minimum Gasteiger partial charge on any atom is -0.628 e. The van der Waals surface area contributed by atoms with Crippen molar-refractivity contribution in [1.82, 2.24) is 15.5 Å². The molecule has 0 saturated carbocycles. The van der Waals surface area contributed by atoms with Crippen molar-refractivity contribution in [3.63, 3.8) is 0 Å². The number of hydrogen-bond donors (Lipinski definition) is 3. The van der Waals surface area contributed by atoms with Crippen LogP contribution >= 0.6 is 11.6 Å². The molecule has 2 aromatic rings. The number of morpholine rings is 1. The third-order valence-electron chi connectivity index (χ3n) is 7.19. The summed E-state index contributed by atoms with van der Waals surface area (Å²) in [5, 5.41) is 20.2. The van der Waals surface area contributed by atoms with E-state index < -0.39 is 47.2 Å². The maximum Gasteiger partial charge on any atom is 0.416 e. The average Bonchev–Trinajstić information content (AvgIpc) is 2.93. The Labute approximate surface area is 236 Å². The quantitative estimate of drug-likeness (QED) is 0.365. The van der Waals surface area contributed by atoms with E-state index in [2.05, 4.69) is 10.6 Å². The van der Waals surface area contributed by atoms with Crippen LogP contribution in [0.2, 0.25) is 5.02 Å². The molecular weight excluding hydrogens is 578 g/mol. The number of alkyl halides is 6. The largest absolute Gasteiger partial charge is 0.628 e. The third kappa shape index (κ3) is 6.65. The number of rotatable bonds is 4. The van der Waals surface area contributed by atoms with Gasteiger partial charge in [-0.1, -0.05) is 23.7 Å². The van der Waals surface area contributed by atoms with Crippen molar-refractivity contribution >= 4 is 17.3 Å². The molecule has 3 aliphatic rings. The Morgan fingerprint density at radius 3 is 2.29 bits per heavy atom. The van der Waals surface area contributed by atoms with Crippen LogP contribution in [0.1, 0.15) is 22.3 Å². The molecule has 0 bridgehead atoms. The first-order valence-corrected chi connectivity index (χ1v) is 13.2. The zero-order valence-electron chi connectivity index (χ0n) is 21.5. The molecule has 3 atom stereocenters. The van der Waals surface area contributed by atoms with Gasteiger partial charge in [0.1, 0.15) is 11.7 Å². The van der Waals surface area contributed by atoms with Crippen LogP contribution in [0.25, 0.3) is 5.70 Å². The second-order valence-electron chi connectivity index (χ2n) is 9.89. The minimum absolute atomic E-state index is 0.0724. The number of nitrogens with zero attached hydrogens (tertiary/aromatic N) is 1. The van der Waals surface area contributed by atoms with Gasteiger partial charge in [-0.15, -0.1) is 0 Å². The zero-order chi connectivity index (χ0) is 29.4. The molecule has 41 heavy (non-hydrogen) atoms. The van der Waals surface area contributed by atoms with Crippen LogP contribution in [-0.2, 0) is 28.2 Å². The molecule has 0 radical (unpaired) electrons. The Morgan fingerprint density at radius 2 is 1.66 bits per heavy atom. The summed E-state index contributed by atoms with van der Waals surface area (Å²) in [4.78, 5) is 1.98. The van der Waals surface area contributed by atoms with Crippen LogP contribution in [-0.4, -0.2) is 56.7 Å². The maximum atomic E-state index is 14.3. The molecule has 0 amide bonds. The molecule has 3 aliphatic heterocycles. The van der Waals surface area contributed by atoms with Gasteiger partial charge < -0.3 is 25.1 Å². The predicted octanol–water partition coefficient (Wildman–Crippen LogP) is 3.76. The number of hydrogen-bond acceptors (Lipinski definition) is 6. The number of quaternary nitrogens is 1. The van der Waals surface area contributed by atoms with Gasteiger partial charge >= 0.3 is 12.4 Å². The van der Waals surface area contributed by atoms with E-state index in [-0.39, 0.29) is 34.8 Å². The van der Waals surface area contributed by atoms with E-state index in [1.54, 1.807) is 30.3 Å². The summed E-state index contributed by atoms with van der Waals surface area (Å²) >= 11 is 6.48. The molecule has 5 rings (SSSR count). The van der Waals surface area contributed by atoms with E-state index in [0.29, 0.717) is 56.2 Å². The van der Waals surface area contributed by atoms with Crippen LogP contribution < -0.4 is 15.7 Å². The van der Waals surface area contributed by atoms with Crippen molar-refractivity contribution in [3.05, 3.63) is 92.5 Å². The highest BCUT2D eigenvalue weighted by Gasteiger charge is 2.39. The maximum absolute atomic E-state index is 14.3. The molecule has 7 nitrogen and oxygen atoms in total. The van der Waals surface area contributed by atoms with Gasteiger partial charge in [0.2, 0.25) is 0 Å². The zero-order valence-corrected chi connectivity index (χ0v) is 22.3. The SMILES string of the molecule is [O-][NH+]1/C(c2ccccc2Cl)=C\C(N2CCOCC2)OC2=C(CNCN2)C1Cc1cc(C(F)(F)F)cc(C(F)(F)F)c1. The fraction of sp³-hybridized carbons (Fsp3) is 0.407. The van der Waals surface area contributed by atoms with Gasteiger partial charge in [-0.3, -0.25) is 10.2 Å². The molecule has 222 valence electrons. The van der Waals surface area contributed by atoms with Crippen molar-refractivity contribution in [1.29, 1.82) is 0 Å². The molecule has 0 aromatic heterocycles. The number of nitrogens with one attached hydrogen (secondary N) is 3. The lowest BCUT2D eigenvalue weighted by Crippen LogP contribution is -3.09. The summed E-state index contributed by atoms with van der Waals surface area (Å²) < 4.78 is 93.4. The van der Waals surface area contributed by atoms with Gasteiger partial charge in [-0.25, -0.2) is 0 Å². The second-order valence-corrected chi connectivity index (χ2v) is 10.3. The van der Waals surface area contributed by atoms with Gasteiger partial charge in [0, 0.05) is 32.1 Å². The van der Waals surface area contributed by atoms with Gasteiger partial charge in [-0.2, -0.15) is 26.3 Å². The minimum atomic E-state index is -5.02. The lowest BCUT2D eigenvalue weighted by atomic mass is 9.93. The van der Waals surface area contributed by atoms with Crippen LogP contribution in [0.5, 0.6) is 0 Å². The Hall–Kier alpha value is -2.81. The summed E-state index contributed by atoms with van der Waals surface area (Å²) in [6.45, 7) is 2.35. The molecule has 0 spiro atoms. The lowest BCUT2D eigenvalue weighted by molar-refractivity contribution is -0.793. The van der Waals surface area contributed by atoms with Crippen molar-refractivity contribution in [2.24, 2.45) is 0 Å². The van der Waals surface area contributed by atoms with Crippen LogP contribution in [0.4, 0.5) is 26.3 Å². The van der Waals surface area contributed by atoms with Gasteiger partial charge in [-0.05, 0) is 35.9 Å². The Bertz CT molecular complexity index is 1290. The average molecular weight is 605 g/mol. The first-order chi connectivity index (χ1) is 19.4. The van der Waals surface area contributed by atoms with Crippen molar-refractivity contribution in [3.8, 4) is 0 Å². The third-order valence-corrected chi connectivity index (χ3v) is 7.52. The number of halogens is 7. The Kier molecular flexibility index (Phi) is 8.56. The molecule has 14 heteroatoms. The molecule has 1 fully saturated rings. The van der Waals surface area contributed by atoms with E-state index in [1.165, 1.54) is 0 Å². The monoisotopic (exact) mass is 604 g/mol. The first-order valence-electron chi connectivity index (χ1n) is 12.9. The van der Waals surface area contributed by atoms with E-state index >= 15 is 0 Å². The summed E-state index contributed by atoms with van der Waals surface area (Å²) in [6, 6.07) is 6.84. The molecule has 3 heterocycles. The van der Waals surface area contributed by atoms with Crippen molar-refractivity contribution < 1.29 is 40.9 Å².